The summed E-state index contributed by atoms with van der Waals surface area (Å²) in [6.07, 6.45) is -0.516. The molecule has 0 fully saturated rings. The molecule has 1 atom stereocenters. The molecule has 0 radical (unpaired) electrons. The summed E-state index contributed by atoms with van der Waals surface area (Å²) in [5, 5.41) is 2.66. The van der Waals surface area contributed by atoms with Crippen molar-refractivity contribution >= 4 is 11.9 Å². The maximum atomic E-state index is 12.0. The number of rotatable bonds is 5. The Labute approximate surface area is 110 Å². The summed E-state index contributed by atoms with van der Waals surface area (Å²) in [5.41, 5.74) is -0.0767. The Bertz CT molecular complexity index is 290. The highest BCUT2D eigenvalue weighted by Gasteiger charge is 2.27. The smallest absolute Gasteiger partial charge is 0.407 e. The fourth-order valence-electron chi connectivity index (χ4n) is 1.38. The van der Waals surface area contributed by atoms with Gasteiger partial charge in [-0.3, -0.25) is 4.79 Å². The third-order valence-corrected chi connectivity index (χ3v) is 2.45. The minimum Gasteiger partial charge on any atom is -0.449 e. The number of carbonyl (C=O) groups is 2. The number of alkyl carbamates (subject to hydrolysis) is 1. The molecule has 0 rings (SSSR count). The normalized spacial score (nSPS) is 13.6. The minimum absolute atomic E-state index is 0.0395. The molecule has 0 heterocycles. The van der Waals surface area contributed by atoms with Crippen molar-refractivity contribution in [2.45, 2.75) is 54.5 Å². The van der Waals surface area contributed by atoms with Gasteiger partial charge in [0.1, 0.15) is 0 Å². The maximum Gasteiger partial charge on any atom is 0.407 e. The highest BCUT2D eigenvalue weighted by atomic mass is 16.5. The molecule has 0 spiro atoms. The molecule has 106 valence electrons. The monoisotopic (exact) mass is 257 g/mol. The predicted octanol–water partition coefficient (Wildman–Crippen LogP) is 3.01. The van der Waals surface area contributed by atoms with Crippen LogP contribution in [0.2, 0.25) is 0 Å². The van der Waals surface area contributed by atoms with E-state index in [1.165, 1.54) is 0 Å². The first-order valence-corrected chi connectivity index (χ1v) is 6.51. The standard InChI is InChI=1S/C14H27NO3/c1-9(2)11(12(16)10(3)4)15-13(17)18-8-14(5,6)7/h9-11H,8H2,1-7H3,(H,15,17). The van der Waals surface area contributed by atoms with Crippen molar-refractivity contribution in [1.82, 2.24) is 5.32 Å². The molecule has 18 heavy (non-hydrogen) atoms. The number of ketones is 1. The van der Waals surface area contributed by atoms with E-state index in [1.54, 1.807) is 0 Å². The molecule has 1 N–H and O–H groups in total. The number of hydrogen-bond acceptors (Lipinski definition) is 3. The van der Waals surface area contributed by atoms with Crippen molar-refractivity contribution < 1.29 is 14.3 Å². The Balaban J connectivity index is 4.43. The van der Waals surface area contributed by atoms with Crippen LogP contribution in [0.25, 0.3) is 0 Å². The van der Waals surface area contributed by atoms with Gasteiger partial charge < -0.3 is 10.1 Å². The van der Waals surface area contributed by atoms with Crippen LogP contribution in [-0.4, -0.2) is 24.5 Å². The van der Waals surface area contributed by atoms with Crippen LogP contribution in [0, 0.1) is 17.3 Å². The quantitative estimate of drug-likeness (QED) is 0.823. The molecule has 0 aliphatic heterocycles. The minimum atomic E-state index is -0.516. The lowest BCUT2D eigenvalue weighted by Crippen LogP contribution is -2.46. The van der Waals surface area contributed by atoms with Crippen LogP contribution < -0.4 is 5.32 Å². The molecule has 1 amide bonds. The Morgan fingerprint density at radius 2 is 1.61 bits per heavy atom. The van der Waals surface area contributed by atoms with Gasteiger partial charge in [0, 0.05) is 5.92 Å². The zero-order valence-corrected chi connectivity index (χ0v) is 12.7. The van der Waals surface area contributed by atoms with E-state index >= 15 is 0 Å². The molecule has 0 aliphatic carbocycles. The van der Waals surface area contributed by atoms with Gasteiger partial charge in [-0.2, -0.15) is 0 Å². The van der Waals surface area contributed by atoms with Crippen molar-refractivity contribution in [3.05, 3.63) is 0 Å². The molecule has 0 aromatic heterocycles. The van der Waals surface area contributed by atoms with E-state index in [0.717, 1.165) is 0 Å². The van der Waals surface area contributed by atoms with Crippen LogP contribution in [0.1, 0.15) is 48.5 Å². The molecule has 4 nitrogen and oxygen atoms in total. The lowest BCUT2D eigenvalue weighted by Gasteiger charge is -2.24. The van der Waals surface area contributed by atoms with E-state index in [2.05, 4.69) is 5.32 Å². The van der Waals surface area contributed by atoms with Crippen LogP contribution in [0.15, 0.2) is 0 Å². The zero-order chi connectivity index (χ0) is 14.5. The lowest BCUT2D eigenvalue weighted by molar-refractivity contribution is -0.124. The van der Waals surface area contributed by atoms with Crippen LogP contribution >= 0.6 is 0 Å². The number of Topliss-reactive ketones (excluding diaryl/α,β-unsaturated/α-hetero) is 1. The van der Waals surface area contributed by atoms with Crippen LogP contribution in [0.3, 0.4) is 0 Å². The van der Waals surface area contributed by atoms with Gasteiger partial charge >= 0.3 is 6.09 Å². The SMILES string of the molecule is CC(C)C(=O)C(NC(=O)OCC(C)(C)C)C(C)C. The first-order chi connectivity index (χ1) is 8.04. The second-order valence-electron chi connectivity index (χ2n) is 6.56. The zero-order valence-electron chi connectivity index (χ0n) is 12.7. The Morgan fingerprint density at radius 1 is 1.11 bits per heavy atom. The summed E-state index contributed by atoms with van der Waals surface area (Å²) in [6, 6.07) is -0.475. The van der Waals surface area contributed by atoms with Gasteiger partial charge in [-0.1, -0.05) is 48.5 Å². The summed E-state index contributed by atoms with van der Waals surface area (Å²) in [4.78, 5) is 23.6. The van der Waals surface area contributed by atoms with E-state index in [9.17, 15) is 9.59 Å². The average molecular weight is 257 g/mol. The summed E-state index contributed by atoms with van der Waals surface area (Å²) in [6.45, 7) is 13.8. The number of ether oxygens (including phenoxy) is 1. The Morgan fingerprint density at radius 3 is 1.94 bits per heavy atom. The van der Waals surface area contributed by atoms with Gasteiger partial charge in [-0.25, -0.2) is 4.79 Å². The second-order valence-corrected chi connectivity index (χ2v) is 6.56. The number of carbonyl (C=O) groups excluding carboxylic acids is 2. The molecule has 0 saturated heterocycles. The van der Waals surface area contributed by atoms with E-state index < -0.39 is 12.1 Å². The van der Waals surface area contributed by atoms with Crippen molar-refractivity contribution in [2.75, 3.05) is 6.61 Å². The van der Waals surface area contributed by atoms with E-state index in [1.807, 2.05) is 48.5 Å². The molecule has 0 bridgehead atoms. The third-order valence-electron chi connectivity index (χ3n) is 2.45. The van der Waals surface area contributed by atoms with Crippen LogP contribution in [0.5, 0.6) is 0 Å². The molecule has 0 aromatic rings. The lowest BCUT2D eigenvalue weighted by atomic mass is 9.93. The van der Waals surface area contributed by atoms with E-state index in [0.29, 0.717) is 6.61 Å². The second kappa shape index (κ2) is 6.76. The fourth-order valence-corrected chi connectivity index (χ4v) is 1.38. The summed E-state index contributed by atoms with van der Waals surface area (Å²) in [7, 11) is 0. The third kappa shape index (κ3) is 6.62. The van der Waals surface area contributed by atoms with Crippen LogP contribution in [0.4, 0.5) is 4.79 Å². The first kappa shape index (κ1) is 16.9. The summed E-state index contributed by atoms with van der Waals surface area (Å²) in [5.74, 6) is 0.000103. The number of hydrogen-bond donors (Lipinski definition) is 1. The van der Waals surface area contributed by atoms with Crippen molar-refractivity contribution in [3.63, 3.8) is 0 Å². The van der Waals surface area contributed by atoms with Crippen molar-refractivity contribution in [3.8, 4) is 0 Å². The Hall–Kier alpha value is -1.06. The summed E-state index contributed by atoms with van der Waals surface area (Å²) < 4.78 is 5.11. The van der Waals surface area contributed by atoms with Gasteiger partial charge in [0.2, 0.25) is 0 Å². The van der Waals surface area contributed by atoms with Gasteiger partial charge in [0.15, 0.2) is 5.78 Å². The molecule has 4 heteroatoms. The van der Waals surface area contributed by atoms with E-state index in [4.69, 9.17) is 4.74 Å². The largest absolute Gasteiger partial charge is 0.449 e. The van der Waals surface area contributed by atoms with Gasteiger partial charge in [0.05, 0.1) is 12.6 Å². The molecular formula is C14H27NO3. The molecule has 1 unspecified atom stereocenters. The topological polar surface area (TPSA) is 55.4 Å². The molecular weight excluding hydrogens is 230 g/mol. The van der Waals surface area contributed by atoms with Gasteiger partial charge in [-0.05, 0) is 11.3 Å². The maximum absolute atomic E-state index is 12.0. The van der Waals surface area contributed by atoms with Crippen LogP contribution in [-0.2, 0) is 9.53 Å². The average Bonchev–Trinajstić information content (AvgIpc) is 2.20. The first-order valence-electron chi connectivity index (χ1n) is 6.51. The van der Waals surface area contributed by atoms with E-state index in [-0.39, 0.29) is 23.0 Å². The summed E-state index contributed by atoms with van der Waals surface area (Å²) >= 11 is 0. The van der Waals surface area contributed by atoms with Gasteiger partial charge in [-0.15, -0.1) is 0 Å². The van der Waals surface area contributed by atoms with Gasteiger partial charge in [0.25, 0.3) is 0 Å². The Kier molecular flexibility index (Phi) is 6.36. The fraction of sp³-hybridized carbons (Fsp3) is 0.857. The highest BCUT2D eigenvalue weighted by molar-refractivity contribution is 5.88. The molecule has 0 aliphatic rings. The molecule has 0 saturated carbocycles. The predicted molar refractivity (Wildman–Crippen MR) is 72.4 cm³/mol. The highest BCUT2D eigenvalue weighted by Crippen LogP contribution is 2.14. The van der Waals surface area contributed by atoms with Crippen molar-refractivity contribution in [2.24, 2.45) is 17.3 Å². The number of amides is 1. The number of nitrogens with one attached hydrogen (secondary N) is 1. The van der Waals surface area contributed by atoms with Crippen molar-refractivity contribution in [1.29, 1.82) is 0 Å². The molecule has 0 aromatic carbocycles.